The van der Waals surface area contributed by atoms with E-state index in [-0.39, 0.29) is 0 Å². The van der Waals surface area contributed by atoms with Gasteiger partial charge < -0.3 is 4.57 Å². The monoisotopic (exact) mass is 339 g/mol. The molecule has 0 fully saturated rings. The molecule has 2 aromatic heterocycles. The van der Waals surface area contributed by atoms with Gasteiger partial charge in [-0.2, -0.15) is 10.4 Å². The second kappa shape index (κ2) is 7.08. The minimum atomic E-state index is 0.631. The van der Waals surface area contributed by atoms with Gasteiger partial charge in [-0.3, -0.25) is 0 Å². The lowest BCUT2D eigenvalue weighted by atomic mass is 10.1. The standard InChI is InChI=1S/C21H17N5/c22-13-18-6-4-5-7-19(18)16-25-11-10-23-21(25)12-17-14-24-26(15-17)20-8-2-1-3-9-20/h1-11,14-15H,12,16H2. The van der Waals surface area contributed by atoms with Gasteiger partial charge in [0.05, 0.1) is 30.1 Å². The summed E-state index contributed by atoms with van der Waals surface area (Å²) in [6, 6.07) is 19.9. The molecule has 0 bridgehead atoms. The van der Waals surface area contributed by atoms with E-state index in [1.807, 2.05) is 77.9 Å². The number of aromatic nitrogens is 4. The molecule has 2 aromatic carbocycles. The Hall–Kier alpha value is -3.65. The van der Waals surface area contributed by atoms with Crippen molar-refractivity contribution in [2.75, 3.05) is 0 Å². The lowest BCUT2D eigenvalue weighted by Gasteiger charge is -2.08. The summed E-state index contributed by atoms with van der Waals surface area (Å²) in [5.41, 5.74) is 3.82. The molecule has 26 heavy (non-hydrogen) atoms. The minimum Gasteiger partial charge on any atom is -0.330 e. The van der Waals surface area contributed by atoms with Gasteiger partial charge in [0.2, 0.25) is 0 Å². The van der Waals surface area contributed by atoms with Crippen LogP contribution in [-0.4, -0.2) is 19.3 Å². The zero-order chi connectivity index (χ0) is 17.8. The van der Waals surface area contributed by atoms with Crippen molar-refractivity contribution in [3.63, 3.8) is 0 Å². The van der Waals surface area contributed by atoms with E-state index in [1.165, 1.54) is 0 Å². The number of hydrogen-bond donors (Lipinski definition) is 0. The molecule has 0 radical (unpaired) electrons. The zero-order valence-corrected chi connectivity index (χ0v) is 14.2. The fraction of sp³-hybridized carbons (Fsp3) is 0.0952. The number of nitriles is 1. The number of para-hydroxylation sites is 1. The average Bonchev–Trinajstić information content (AvgIpc) is 3.33. The first-order valence-corrected chi connectivity index (χ1v) is 8.40. The van der Waals surface area contributed by atoms with Crippen LogP contribution in [0.15, 0.2) is 79.4 Å². The van der Waals surface area contributed by atoms with Crippen LogP contribution < -0.4 is 0 Å². The third-order valence-corrected chi connectivity index (χ3v) is 4.30. The predicted molar refractivity (Wildman–Crippen MR) is 98.9 cm³/mol. The van der Waals surface area contributed by atoms with Crippen LogP contribution in [0.2, 0.25) is 0 Å². The van der Waals surface area contributed by atoms with Gasteiger partial charge in [-0.25, -0.2) is 9.67 Å². The van der Waals surface area contributed by atoms with Crippen LogP contribution in [0.4, 0.5) is 0 Å². The molecular weight excluding hydrogens is 322 g/mol. The SMILES string of the molecule is N#Cc1ccccc1Cn1ccnc1Cc1cnn(-c2ccccc2)c1. The zero-order valence-electron chi connectivity index (χ0n) is 14.2. The molecule has 126 valence electrons. The Labute approximate surface area is 151 Å². The normalized spacial score (nSPS) is 10.6. The minimum absolute atomic E-state index is 0.631. The summed E-state index contributed by atoms with van der Waals surface area (Å²) in [6.07, 6.45) is 8.33. The summed E-state index contributed by atoms with van der Waals surface area (Å²) < 4.78 is 3.95. The van der Waals surface area contributed by atoms with Crippen molar-refractivity contribution in [1.82, 2.24) is 19.3 Å². The summed E-state index contributed by atoms with van der Waals surface area (Å²) in [5, 5.41) is 13.7. The van der Waals surface area contributed by atoms with Gasteiger partial charge in [0.15, 0.2) is 0 Å². The molecule has 5 nitrogen and oxygen atoms in total. The average molecular weight is 339 g/mol. The molecular formula is C21H17N5. The highest BCUT2D eigenvalue weighted by Crippen LogP contribution is 2.14. The summed E-state index contributed by atoms with van der Waals surface area (Å²) in [6.45, 7) is 0.631. The lowest BCUT2D eigenvalue weighted by Crippen LogP contribution is -2.06. The Balaban J connectivity index is 1.55. The van der Waals surface area contributed by atoms with Gasteiger partial charge in [0.25, 0.3) is 0 Å². The largest absolute Gasteiger partial charge is 0.330 e. The van der Waals surface area contributed by atoms with Crippen molar-refractivity contribution < 1.29 is 0 Å². The third kappa shape index (κ3) is 3.26. The summed E-state index contributed by atoms with van der Waals surface area (Å²) >= 11 is 0. The molecule has 0 unspecified atom stereocenters. The Morgan fingerprint density at radius 1 is 1.00 bits per heavy atom. The van der Waals surface area contributed by atoms with E-state index in [0.29, 0.717) is 18.5 Å². The maximum Gasteiger partial charge on any atom is 0.113 e. The Bertz CT molecular complexity index is 1050. The van der Waals surface area contributed by atoms with Gasteiger partial charge in [-0.05, 0) is 29.3 Å². The van der Waals surface area contributed by atoms with Crippen molar-refractivity contribution in [3.05, 3.63) is 102 Å². The molecule has 2 heterocycles. The second-order valence-electron chi connectivity index (χ2n) is 6.05. The van der Waals surface area contributed by atoms with Crippen LogP contribution in [-0.2, 0) is 13.0 Å². The van der Waals surface area contributed by atoms with Crippen molar-refractivity contribution in [2.24, 2.45) is 0 Å². The molecule has 0 amide bonds. The van der Waals surface area contributed by atoms with Crippen LogP contribution >= 0.6 is 0 Å². The van der Waals surface area contributed by atoms with Crippen LogP contribution in [0.25, 0.3) is 5.69 Å². The van der Waals surface area contributed by atoms with E-state index in [1.54, 1.807) is 6.20 Å². The molecule has 0 aliphatic rings. The van der Waals surface area contributed by atoms with Gasteiger partial charge >= 0.3 is 0 Å². The number of rotatable bonds is 5. The molecule has 4 aromatic rings. The van der Waals surface area contributed by atoms with Crippen molar-refractivity contribution in [3.8, 4) is 11.8 Å². The number of benzene rings is 2. The highest BCUT2D eigenvalue weighted by Gasteiger charge is 2.09. The smallest absolute Gasteiger partial charge is 0.113 e. The molecule has 0 saturated carbocycles. The molecule has 0 aliphatic heterocycles. The van der Waals surface area contributed by atoms with E-state index < -0.39 is 0 Å². The van der Waals surface area contributed by atoms with E-state index in [0.717, 1.165) is 22.6 Å². The topological polar surface area (TPSA) is 59.4 Å². The molecule has 0 atom stereocenters. The molecule has 0 saturated heterocycles. The first kappa shape index (κ1) is 15.9. The van der Waals surface area contributed by atoms with E-state index >= 15 is 0 Å². The maximum atomic E-state index is 9.28. The first-order valence-electron chi connectivity index (χ1n) is 8.40. The molecule has 0 aliphatic carbocycles. The van der Waals surface area contributed by atoms with E-state index in [9.17, 15) is 5.26 Å². The van der Waals surface area contributed by atoms with Gasteiger partial charge in [0, 0.05) is 25.0 Å². The van der Waals surface area contributed by atoms with Crippen molar-refractivity contribution in [1.29, 1.82) is 5.26 Å². The molecule has 0 spiro atoms. The Morgan fingerprint density at radius 3 is 2.65 bits per heavy atom. The van der Waals surface area contributed by atoms with Gasteiger partial charge in [-0.15, -0.1) is 0 Å². The predicted octanol–water partition coefficient (Wildman–Crippen LogP) is 3.58. The van der Waals surface area contributed by atoms with Crippen molar-refractivity contribution in [2.45, 2.75) is 13.0 Å². The summed E-state index contributed by atoms with van der Waals surface area (Å²) in [5.74, 6) is 0.949. The third-order valence-electron chi connectivity index (χ3n) is 4.30. The molecule has 4 rings (SSSR count). The maximum absolute atomic E-state index is 9.28. The lowest BCUT2D eigenvalue weighted by molar-refractivity contribution is 0.739. The van der Waals surface area contributed by atoms with Crippen LogP contribution in [0, 0.1) is 11.3 Å². The number of nitrogens with zero attached hydrogens (tertiary/aromatic N) is 5. The summed E-state index contributed by atoms with van der Waals surface area (Å²) in [7, 11) is 0. The Kier molecular flexibility index (Phi) is 4.31. The fourth-order valence-corrected chi connectivity index (χ4v) is 2.96. The van der Waals surface area contributed by atoms with Gasteiger partial charge in [-0.1, -0.05) is 36.4 Å². The van der Waals surface area contributed by atoms with Crippen LogP contribution in [0.3, 0.4) is 0 Å². The van der Waals surface area contributed by atoms with Crippen LogP contribution in [0.1, 0.15) is 22.5 Å². The molecule has 0 N–H and O–H groups in total. The first-order chi connectivity index (χ1) is 12.8. The number of hydrogen-bond acceptors (Lipinski definition) is 3. The van der Waals surface area contributed by atoms with Gasteiger partial charge in [0.1, 0.15) is 5.82 Å². The van der Waals surface area contributed by atoms with E-state index in [2.05, 4.69) is 20.7 Å². The second-order valence-corrected chi connectivity index (χ2v) is 6.05. The quantitative estimate of drug-likeness (QED) is 0.558. The number of imidazole rings is 1. The highest BCUT2D eigenvalue weighted by molar-refractivity contribution is 5.37. The fourth-order valence-electron chi connectivity index (χ4n) is 2.96. The summed E-state index contributed by atoms with van der Waals surface area (Å²) in [4.78, 5) is 4.49. The van der Waals surface area contributed by atoms with Crippen molar-refractivity contribution >= 4 is 0 Å². The van der Waals surface area contributed by atoms with Crippen LogP contribution in [0.5, 0.6) is 0 Å². The highest BCUT2D eigenvalue weighted by atomic mass is 15.3. The van der Waals surface area contributed by atoms with E-state index in [4.69, 9.17) is 0 Å². The molecule has 5 heteroatoms. The Morgan fingerprint density at radius 2 is 1.81 bits per heavy atom.